The first-order chi connectivity index (χ1) is 6.85. The van der Waals surface area contributed by atoms with Crippen molar-refractivity contribution in [2.45, 2.75) is 36.1 Å². The molecule has 4 heteroatoms. The predicted molar refractivity (Wildman–Crippen MR) is 80.2 cm³/mol. The first-order valence-corrected chi connectivity index (χ1v) is 4.09. The van der Waals surface area contributed by atoms with Crippen LogP contribution < -0.4 is 0 Å². The third-order valence-electron chi connectivity index (χ3n) is 1.13. The minimum Gasteiger partial charge on any atom is -0.601 e. The number of hydrogen-bond acceptors (Lipinski definition) is 2. The Bertz CT molecular complexity index is 296. The van der Waals surface area contributed by atoms with E-state index in [1.807, 2.05) is 24.3 Å². The van der Waals surface area contributed by atoms with Crippen molar-refractivity contribution in [3.05, 3.63) is 43.1 Å². The number of rotatable bonds is 2. The largest absolute Gasteiger partial charge is 0.601 e. The van der Waals surface area contributed by atoms with Crippen molar-refractivity contribution in [1.82, 2.24) is 0 Å². The third-order valence-corrected chi connectivity index (χ3v) is 1.13. The van der Waals surface area contributed by atoms with E-state index in [0.29, 0.717) is 0 Å². The van der Waals surface area contributed by atoms with Crippen molar-refractivity contribution in [1.29, 1.82) is 0 Å². The molecule has 0 bridgehead atoms. The van der Waals surface area contributed by atoms with Crippen molar-refractivity contribution in [3.8, 4) is 0 Å². The van der Waals surface area contributed by atoms with E-state index in [1.54, 1.807) is 13.8 Å². The SMILES string of the molecule is C.C.C.C[C-]=Nc1[c-]cccc1.[CH-]=CN=[C-]C.[Y].[Y]. The zero-order chi connectivity index (χ0) is 10.6. The molecule has 0 saturated heterocycles. The maximum Gasteiger partial charge on any atom is 0 e. The minimum atomic E-state index is 0. The summed E-state index contributed by atoms with van der Waals surface area (Å²) in [4.78, 5) is 7.28. The molecular formula is C15H24N2Y2-4. The quantitative estimate of drug-likeness (QED) is 0.490. The monoisotopic (exact) mass is 410 g/mol. The molecular weight excluding hydrogens is 386 g/mol. The molecule has 0 aliphatic carbocycles. The molecule has 0 atom stereocenters. The van der Waals surface area contributed by atoms with Crippen LogP contribution in [0.25, 0.3) is 0 Å². The van der Waals surface area contributed by atoms with Gasteiger partial charge < -0.3 is 22.8 Å². The molecule has 0 aliphatic heterocycles. The van der Waals surface area contributed by atoms with E-state index < -0.39 is 0 Å². The summed E-state index contributed by atoms with van der Waals surface area (Å²) in [5.74, 6) is 0. The summed E-state index contributed by atoms with van der Waals surface area (Å²) in [6.45, 7) is 8.23. The number of aliphatic imine (C=N–C) groups is 2. The predicted octanol–water partition coefficient (Wildman–Crippen LogP) is 4.89. The van der Waals surface area contributed by atoms with E-state index in [2.05, 4.69) is 28.5 Å². The maximum absolute atomic E-state index is 4.78. The number of para-hydroxylation sites is 1. The van der Waals surface area contributed by atoms with E-state index >= 15 is 0 Å². The zero-order valence-corrected chi connectivity index (χ0v) is 15.2. The van der Waals surface area contributed by atoms with Crippen molar-refractivity contribution in [2.24, 2.45) is 9.98 Å². The molecule has 0 spiro atoms. The molecule has 2 nitrogen and oxygen atoms in total. The molecule has 19 heavy (non-hydrogen) atoms. The van der Waals surface area contributed by atoms with E-state index in [0.717, 1.165) is 5.69 Å². The molecule has 1 aromatic carbocycles. The Balaban J connectivity index is -0.0000000385. The van der Waals surface area contributed by atoms with E-state index in [9.17, 15) is 0 Å². The minimum absolute atomic E-state index is 0. The summed E-state index contributed by atoms with van der Waals surface area (Å²) in [6.07, 6.45) is 6.33. The molecule has 0 aliphatic rings. The molecule has 0 heterocycles. The third kappa shape index (κ3) is 27.6. The Morgan fingerprint density at radius 3 is 1.95 bits per heavy atom. The van der Waals surface area contributed by atoms with Crippen LogP contribution in [0.1, 0.15) is 36.1 Å². The smallest absolute Gasteiger partial charge is 0 e. The second kappa shape index (κ2) is 31.1. The van der Waals surface area contributed by atoms with Gasteiger partial charge in [0.05, 0.1) is 0 Å². The van der Waals surface area contributed by atoms with Gasteiger partial charge in [0, 0.05) is 65.4 Å². The second-order valence-corrected chi connectivity index (χ2v) is 2.08. The van der Waals surface area contributed by atoms with Gasteiger partial charge >= 0.3 is 0 Å². The average molecular weight is 410 g/mol. The van der Waals surface area contributed by atoms with Crippen LogP contribution in [0.3, 0.4) is 0 Å². The van der Waals surface area contributed by atoms with Crippen LogP contribution in [-0.4, -0.2) is 12.4 Å². The maximum atomic E-state index is 4.78. The van der Waals surface area contributed by atoms with Crippen molar-refractivity contribution in [3.63, 3.8) is 0 Å². The van der Waals surface area contributed by atoms with Crippen molar-refractivity contribution >= 4 is 18.1 Å². The molecule has 0 saturated carbocycles. The standard InChI is InChI=1S/C8H7N.C4H5N.3CH4.2Y/c1-2-9-8-6-4-3-5-7-8;1-3-5-4-2;;;;;/h3-6H,1H3;1,3H,2H3;3*1H4;;/q2*-2;;;;;. The summed E-state index contributed by atoms with van der Waals surface area (Å²) in [6, 6.07) is 10.5. The number of hydrogen-bond donors (Lipinski definition) is 0. The van der Waals surface area contributed by atoms with Crippen LogP contribution in [0.2, 0.25) is 0 Å². The van der Waals surface area contributed by atoms with Gasteiger partial charge in [0.2, 0.25) is 0 Å². The zero-order valence-electron chi connectivity index (χ0n) is 9.51. The summed E-state index contributed by atoms with van der Waals surface area (Å²) < 4.78 is 0. The molecule has 1 rings (SSSR count). The van der Waals surface area contributed by atoms with E-state index in [1.165, 1.54) is 6.20 Å². The fraction of sp³-hybridized carbons (Fsp3) is 0.333. The van der Waals surface area contributed by atoms with Crippen LogP contribution in [-0.2, 0) is 65.4 Å². The first-order valence-electron chi connectivity index (χ1n) is 4.09. The normalized spacial score (nSPS) is 7.26. The second-order valence-electron chi connectivity index (χ2n) is 2.08. The van der Waals surface area contributed by atoms with Gasteiger partial charge in [-0.05, 0) is 0 Å². The summed E-state index contributed by atoms with van der Waals surface area (Å²) in [5.41, 5.74) is 0.833. The Kier molecular flexibility index (Phi) is 59.9. The topological polar surface area (TPSA) is 24.7 Å². The summed E-state index contributed by atoms with van der Waals surface area (Å²) in [5, 5.41) is 0. The molecule has 0 aromatic heterocycles. The molecule has 0 amide bonds. The van der Waals surface area contributed by atoms with Gasteiger partial charge in [-0.3, -0.25) is 6.07 Å². The Morgan fingerprint density at radius 2 is 1.68 bits per heavy atom. The Morgan fingerprint density at radius 1 is 1.11 bits per heavy atom. The molecule has 104 valence electrons. The van der Waals surface area contributed by atoms with Crippen LogP contribution in [0, 0.1) is 12.6 Å². The molecule has 1 aromatic rings. The van der Waals surface area contributed by atoms with E-state index in [4.69, 9.17) is 6.58 Å². The first kappa shape index (κ1) is 36.6. The van der Waals surface area contributed by atoms with E-state index in [-0.39, 0.29) is 87.7 Å². The molecule has 0 unspecified atom stereocenters. The fourth-order valence-electron chi connectivity index (χ4n) is 0.648. The number of benzene rings is 1. The summed E-state index contributed by atoms with van der Waals surface area (Å²) in [7, 11) is 0. The van der Waals surface area contributed by atoms with Crippen LogP contribution >= 0.6 is 0 Å². The van der Waals surface area contributed by atoms with Crippen molar-refractivity contribution in [2.75, 3.05) is 0 Å². The van der Waals surface area contributed by atoms with Gasteiger partial charge in [0.1, 0.15) is 0 Å². The molecule has 0 fully saturated rings. The van der Waals surface area contributed by atoms with Crippen LogP contribution in [0.15, 0.2) is 40.5 Å². The molecule has 2 radical (unpaired) electrons. The van der Waals surface area contributed by atoms with Gasteiger partial charge in [-0.25, -0.2) is 11.8 Å². The fourth-order valence-corrected chi connectivity index (χ4v) is 0.648. The number of nitrogens with zero attached hydrogens (tertiary/aromatic N) is 2. The Labute approximate surface area is 171 Å². The van der Waals surface area contributed by atoms with Crippen LogP contribution in [0.5, 0.6) is 0 Å². The Hall–Kier alpha value is 0.508. The van der Waals surface area contributed by atoms with Gasteiger partial charge in [-0.1, -0.05) is 22.3 Å². The van der Waals surface area contributed by atoms with Gasteiger partial charge in [0.15, 0.2) is 0 Å². The van der Waals surface area contributed by atoms with Gasteiger partial charge in [-0.2, -0.15) is 30.6 Å². The van der Waals surface area contributed by atoms with Crippen LogP contribution in [0.4, 0.5) is 5.69 Å². The molecule has 0 N–H and O–H groups in total. The van der Waals surface area contributed by atoms with Gasteiger partial charge in [0.25, 0.3) is 0 Å². The summed E-state index contributed by atoms with van der Waals surface area (Å²) >= 11 is 0. The van der Waals surface area contributed by atoms with Gasteiger partial charge in [-0.15, -0.1) is 13.8 Å². The average Bonchev–Trinajstić information content (AvgIpc) is 2.22. The van der Waals surface area contributed by atoms with Crippen molar-refractivity contribution < 1.29 is 65.4 Å².